The number of halogens is 1. The maximum Gasteiger partial charge on any atom is 0.255 e. The van der Waals surface area contributed by atoms with Crippen molar-refractivity contribution in [2.45, 2.75) is 39.9 Å². The number of aromatic nitrogens is 1. The van der Waals surface area contributed by atoms with Gasteiger partial charge < -0.3 is 14.2 Å². The van der Waals surface area contributed by atoms with Gasteiger partial charge in [-0.2, -0.15) is 0 Å². The van der Waals surface area contributed by atoms with Gasteiger partial charge in [0.15, 0.2) is 0 Å². The molecule has 0 radical (unpaired) electrons. The van der Waals surface area contributed by atoms with Gasteiger partial charge in [0.05, 0.1) is 23.5 Å². The molecule has 0 N–H and O–H groups in total. The lowest BCUT2D eigenvalue weighted by Crippen LogP contribution is -2.48. The number of carbonyl (C=O) groups is 1. The lowest BCUT2D eigenvalue weighted by Gasteiger charge is -2.35. The molecular formula is C25H27FN2O2. The monoisotopic (exact) mass is 406 g/mol. The summed E-state index contributed by atoms with van der Waals surface area (Å²) in [5.41, 5.74) is 5.41. The molecule has 1 saturated heterocycles. The quantitative estimate of drug-likeness (QED) is 0.603. The van der Waals surface area contributed by atoms with Crippen molar-refractivity contribution in [1.82, 2.24) is 9.47 Å². The zero-order valence-electron chi connectivity index (χ0n) is 17.9. The van der Waals surface area contributed by atoms with Crippen molar-refractivity contribution in [3.05, 3.63) is 77.2 Å². The molecule has 5 heteroatoms. The number of carbonyl (C=O) groups excluding carboxylic acids is 1. The van der Waals surface area contributed by atoms with Crippen LogP contribution in [0.2, 0.25) is 0 Å². The molecule has 2 atom stereocenters. The summed E-state index contributed by atoms with van der Waals surface area (Å²) >= 11 is 0. The van der Waals surface area contributed by atoms with E-state index in [0.29, 0.717) is 18.7 Å². The Labute approximate surface area is 176 Å². The first-order chi connectivity index (χ1) is 14.3. The van der Waals surface area contributed by atoms with Gasteiger partial charge in [-0.15, -0.1) is 0 Å². The molecule has 1 aromatic heterocycles. The van der Waals surface area contributed by atoms with Crippen molar-refractivity contribution in [2.75, 3.05) is 13.1 Å². The fourth-order valence-electron chi connectivity index (χ4n) is 4.20. The van der Waals surface area contributed by atoms with Gasteiger partial charge in [0.25, 0.3) is 5.91 Å². The maximum absolute atomic E-state index is 13.5. The largest absolute Gasteiger partial charge is 0.372 e. The van der Waals surface area contributed by atoms with Crippen LogP contribution in [0.15, 0.2) is 54.6 Å². The molecule has 1 aliphatic rings. The van der Waals surface area contributed by atoms with E-state index in [1.165, 1.54) is 17.7 Å². The van der Waals surface area contributed by atoms with Gasteiger partial charge in [0.1, 0.15) is 5.82 Å². The lowest BCUT2D eigenvalue weighted by atomic mass is 10.1. The number of amides is 1. The second-order valence-corrected chi connectivity index (χ2v) is 8.17. The van der Waals surface area contributed by atoms with Gasteiger partial charge in [-0.05, 0) is 75.7 Å². The van der Waals surface area contributed by atoms with Crippen molar-refractivity contribution in [3.63, 3.8) is 0 Å². The molecule has 1 fully saturated rings. The number of nitrogens with zero attached hydrogens (tertiary/aromatic N) is 2. The Balaban J connectivity index is 1.82. The molecule has 2 aromatic carbocycles. The van der Waals surface area contributed by atoms with Crippen LogP contribution in [0.1, 0.15) is 35.5 Å². The minimum atomic E-state index is -0.281. The molecule has 0 saturated carbocycles. The fourth-order valence-corrected chi connectivity index (χ4v) is 4.20. The average Bonchev–Trinajstić information content (AvgIpc) is 3.05. The molecule has 0 unspecified atom stereocenters. The van der Waals surface area contributed by atoms with Crippen LogP contribution in [0.25, 0.3) is 16.9 Å². The van der Waals surface area contributed by atoms with Crippen LogP contribution in [-0.2, 0) is 4.74 Å². The number of aryl methyl sites for hydroxylation is 1. The highest BCUT2D eigenvalue weighted by molar-refractivity contribution is 5.97. The van der Waals surface area contributed by atoms with Crippen LogP contribution in [0.5, 0.6) is 0 Å². The minimum Gasteiger partial charge on any atom is -0.372 e. The van der Waals surface area contributed by atoms with Crippen LogP contribution in [0.4, 0.5) is 4.39 Å². The van der Waals surface area contributed by atoms with E-state index in [2.05, 4.69) is 16.7 Å². The molecule has 0 spiro atoms. The Morgan fingerprint density at radius 2 is 1.57 bits per heavy atom. The molecule has 4 nitrogen and oxygen atoms in total. The highest BCUT2D eigenvalue weighted by Gasteiger charge is 2.29. The molecule has 30 heavy (non-hydrogen) atoms. The van der Waals surface area contributed by atoms with Crippen molar-refractivity contribution in [3.8, 4) is 16.9 Å². The number of hydrogen-bond acceptors (Lipinski definition) is 2. The first-order valence-corrected chi connectivity index (χ1v) is 10.3. The van der Waals surface area contributed by atoms with Crippen LogP contribution in [0.3, 0.4) is 0 Å². The highest BCUT2D eigenvalue weighted by atomic mass is 19.1. The van der Waals surface area contributed by atoms with Crippen LogP contribution in [0, 0.1) is 19.7 Å². The average molecular weight is 407 g/mol. The van der Waals surface area contributed by atoms with E-state index >= 15 is 0 Å². The summed E-state index contributed by atoms with van der Waals surface area (Å²) in [4.78, 5) is 15.3. The Morgan fingerprint density at radius 1 is 0.967 bits per heavy atom. The molecule has 1 amide bonds. The van der Waals surface area contributed by atoms with Gasteiger partial charge in [-0.25, -0.2) is 4.39 Å². The van der Waals surface area contributed by atoms with Crippen LogP contribution in [-0.4, -0.2) is 40.7 Å². The predicted octanol–water partition coefficient (Wildman–Crippen LogP) is 5.15. The molecule has 1 aliphatic heterocycles. The number of benzene rings is 2. The summed E-state index contributed by atoms with van der Waals surface area (Å²) in [6.45, 7) is 9.14. The zero-order chi connectivity index (χ0) is 21.4. The number of ether oxygens (including phenoxy) is 1. The molecule has 2 heterocycles. The van der Waals surface area contributed by atoms with Crippen molar-refractivity contribution in [1.29, 1.82) is 0 Å². The smallest absolute Gasteiger partial charge is 0.255 e. The van der Waals surface area contributed by atoms with Gasteiger partial charge in [0.2, 0.25) is 0 Å². The summed E-state index contributed by atoms with van der Waals surface area (Å²) < 4.78 is 21.4. The summed E-state index contributed by atoms with van der Waals surface area (Å²) in [7, 11) is 0. The number of morpholine rings is 1. The minimum absolute atomic E-state index is 0.00345. The zero-order valence-corrected chi connectivity index (χ0v) is 17.9. The normalized spacial score (nSPS) is 19.2. The van der Waals surface area contributed by atoms with Gasteiger partial charge in [0, 0.05) is 24.5 Å². The standard InChI is InChI=1S/C25H27FN2O2/c1-16-5-11-22(12-6-16)28-19(4)23(13-24(28)20-7-9-21(26)10-8-20)25(29)27-14-17(2)30-18(3)15-27/h5-13,17-18H,14-15H2,1-4H3/t17-,18-/m0/s1. The summed E-state index contributed by atoms with van der Waals surface area (Å²) in [5.74, 6) is -0.278. The van der Waals surface area contributed by atoms with Crippen LogP contribution < -0.4 is 0 Å². The first kappa shape index (κ1) is 20.4. The molecule has 3 aromatic rings. The predicted molar refractivity (Wildman–Crippen MR) is 117 cm³/mol. The van der Waals surface area contributed by atoms with E-state index in [-0.39, 0.29) is 23.9 Å². The summed E-state index contributed by atoms with van der Waals surface area (Å²) in [5, 5.41) is 0. The van der Waals surface area contributed by atoms with Crippen molar-refractivity contribution >= 4 is 5.91 Å². The van der Waals surface area contributed by atoms with Crippen LogP contribution >= 0.6 is 0 Å². The van der Waals surface area contributed by atoms with E-state index in [0.717, 1.165) is 22.6 Å². The summed E-state index contributed by atoms with van der Waals surface area (Å²) in [6, 6.07) is 16.5. The maximum atomic E-state index is 13.5. The lowest BCUT2D eigenvalue weighted by molar-refractivity contribution is -0.0586. The van der Waals surface area contributed by atoms with Gasteiger partial charge in [-0.1, -0.05) is 17.7 Å². The van der Waals surface area contributed by atoms with E-state index in [1.54, 1.807) is 12.1 Å². The molecule has 156 valence electrons. The SMILES string of the molecule is Cc1ccc(-n2c(-c3ccc(F)cc3)cc(C(=O)N3C[C@H](C)O[C@@H](C)C3)c2C)cc1. The van der Waals surface area contributed by atoms with Gasteiger partial charge >= 0.3 is 0 Å². The Morgan fingerprint density at radius 3 is 2.17 bits per heavy atom. The second kappa shape index (κ2) is 8.07. The van der Waals surface area contributed by atoms with E-state index in [4.69, 9.17) is 4.74 Å². The summed E-state index contributed by atoms with van der Waals surface area (Å²) in [6.07, 6.45) is 0.0162. The first-order valence-electron chi connectivity index (χ1n) is 10.3. The Hall–Kier alpha value is -2.92. The Bertz CT molecular complexity index is 1040. The highest BCUT2D eigenvalue weighted by Crippen LogP contribution is 2.31. The third-order valence-corrected chi connectivity index (χ3v) is 5.62. The molecular weight excluding hydrogens is 379 g/mol. The van der Waals surface area contributed by atoms with Crippen molar-refractivity contribution in [2.24, 2.45) is 0 Å². The molecule has 0 aliphatic carbocycles. The topological polar surface area (TPSA) is 34.5 Å². The third kappa shape index (κ3) is 3.90. The Kier molecular flexibility index (Phi) is 5.48. The molecule has 4 rings (SSSR count). The number of rotatable bonds is 3. The fraction of sp³-hybridized carbons (Fsp3) is 0.320. The van der Waals surface area contributed by atoms with E-state index in [9.17, 15) is 9.18 Å². The molecule has 0 bridgehead atoms. The van der Waals surface area contributed by atoms with Crippen molar-refractivity contribution < 1.29 is 13.9 Å². The van der Waals surface area contributed by atoms with E-state index < -0.39 is 0 Å². The van der Waals surface area contributed by atoms with Gasteiger partial charge in [-0.3, -0.25) is 4.79 Å². The van der Waals surface area contributed by atoms with E-state index in [1.807, 2.05) is 50.8 Å². The second-order valence-electron chi connectivity index (χ2n) is 8.17. The number of hydrogen-bond donors (Lipinski definition) is 0. The third-order valence-electron chi connectivity index (χ3n) is 5.62.